The number of hydrogen-bond donors (Lipinski definition) is 2. The van der Waals surface area contributed by atoms with Gasteiger partial charge in [-0.25, -0.2) is 0 Å². The molecule has 3 rings (SSSR count). The van der Waals surface area contributed by atoms with E-state index in [1.54, 1.807) is 4.90 Å². The van der Waals surface area contributed by atoms with Crippen LogP contribution in [0.25, 0.3) is 0 Å². The van der Waals surface area contributed by atoms with Crippen molar-refractivity contribution in [3.05, 3.63) is 0 Å². The summed E-state index contributed by atoms with van der Waals surface area (Å²) in [5.41, 5.74) is -0.951. The Morgan fingerprint density at radius 3 is 2.50 bits per heavy atom. The number of carbonyl (C=O) groups is 3. The summed E-state index contributed by atoms with van der Waals surface area (Å²) in [5, 5.41) is 5.98. The van der Waals surface area contributed by atoms with E-state index in [0.717, 1.165) is 38.5 Å². The van der Waals surface area contributed by atoms with Gasteiger partial charge in [0, 0.05) is 25.6 Å². The second kappa shape index (κ2) is 9.25. The summed E-state index contributed by atoms with van der Waals surface area (Å²) in [6.07, 6.45) is 8.70. The highest BCUT2D eigenvalue weighted by atomic mass is 16.5. The van der Waals surface area contributed by atoms with E-state index in [2.05, 4.69) is 10.6 Å². The van der Waals surface area contributed by atoms with Crippen molar-refractivity contribution in [1.82, 2.24) is 15.5 Å². The van der Waals surface area contributed by atoms with Crippen molar-refractivity contribution in [2.75, 3.05) is 13.2 Å². The van der Waals surface area contributed by atoms with Crippen molar-refractivity contribution in [2.24, 2.45) is 0 Å². The van der Waals surface area contributed by atoms with Gasteiger partial charge in [-0.2, -0.15) is 0 Å². The topological polar surface area (TPSA) is 87.7 Å². The fourth-order valence-corrected chi connectivity index (χ4v) is 4.58. The van der Waals surface area contributed by atoms with E-state index >= 15 is 0 Å². The Hall–Kier alpha value is -1.63. The molecule has 0 aromatic rings. The van der Waals surface area contributed by atoms with E-state index in [9.17, 15) is 14.4 Å². The van der Waals surface area contributed by atoms with Crippen LogP contribution in [0.15, 0.2) is 0 Å². The molecule has 2 N–H and O–H groups in total. The van der Waals surface area contributed by atoms with Gasteiger partial charge in [-0.15, -0.1) is 0 Å². The highest BCUT2D eigenvalue weighted by molar-refractivity contribution is 5.96. The Morgan fingerprint density at radius 1 is 1.18 bits per heavy atom. The molecular weight excluding hydrogens is 358 g/mol. The lowest BCUT2D eigenvalue weighted by atomic mass is 9.90. The monoisotopic (exact) mass is 393 g/mol. The van der Waals surface area contributed by atoms with Crippen LogP contribution in [0.2, 0.25) is 0 Å². The molecule has 1 aliphatic carbocycles. The molecule has 3 atom stereocenters. The van der Waals surface area contributed by atoms with E-state index in [1.165, 1.54) is 6.42 Å². The number of nitrogens with one attached hydrogen (secondary N) is 2. The van der Waals surface area contributed by atoms with Gasteiger partial charge in [-0.05, 0) is 45.4 Å². The maximum atomic E-state index is 13.4. The summed E-state index contributed by atoms with van der Waals surface area (Å²) in [6, 6.07) is -0.347. The van der Waals surface area contributed by atoms with Crippen LogP contribution in [0.3, 0.4) is 0 Å². The molecule has 28 heavy (non-hydrogen) atoms. The first-order valence-electron chi connectivity index (χ1n) is 11.0. The average Bonchev–Trinajstić information content (AvgIpc) is 3.37. The number of carbonyl (C=O) groups excluding carboxylic acids is 3. The van der Waals surface area contributed by atoms with Crippen LogP contribution in [0.1, 0.15) is 78.1 Å². The van der Waals surface area contributed by atoms with Crippen LogP contribution in [0.5, 0.6) is 0 Å². The van der Waals surface area contributed by atoms with Crippen molar-refractivity contribution in [2.45, 2.75) is 102 Å². The van der Waals surface area contributed by atoms with Crippen molar-refractivity contribution in [3.8, 4) is 0 Å². The van der Waals surface area contributed by atoms with Crippen LogP contribution < -0.4 is 10.6 Å². The summed E-state index contributed by atoms with van der Waals surface area (Å²) in [5.74, 6) is -0.345. The SMILES string of the molecule is CC[C@](C)(C(=O)NC1CCCCC1)N(C[C@@H]1CCCO1)C(=O)[C@@H]1CCC(=O)N1. The molecule has 2 aliphatic heterocycles. The molecule has 0 spiro atoms. The lowest BCUT2D eigenvalue weighted by molar-refractivity contribution is -0.151. The number of rotatable bonds is 7. The Labute approximate surface area is 167 Å². The van der Waals surface area contributed by atoms with Gasteiger partial charge in [0.2, 0.25) is 17.7 Å². The predicted octanol–water partition coefficient (Wildman–Crippen LogP) is 1.89. The number of nitrogens with zero attached hydrogens (tertiary/aromatic N) is 1. The number of ether oxygens (including phenoxy) is 1. The smallest absolute Gasteiger partial charge is 0.246 e. The van der Waals surface area contributed by atoms with Crippen LogP contribution in [-0.2, 0) is 19.1 Å². The zero-order valence-corrected chi connectivity index (χ0v) is 17.3. The van der Waals surface area contributed by atoms with Gasteiger partial charge in [-0.1, -0.05) is 26.2 Å². The summed E-state index contributed by atoms with van der Waals surface area (Å²) < 4.78 is 5.77. The molecule has 0 radical (unpaired) electrons. The zero-order valence-electron chi connectivity index (χ0n) is 17.3. The molecule has 158 valence electrons. The Kier molecular flexibility index (Phi) is 6.96. The van der Waals surface area contributed by atoms with E-state index in [1.807, 2.05) is 13.8 Å². The minimum absolute atomic E-state index is 0.0468. The maximum Gasteiger partial charge on any atom is 0.246 e. The Balaban J connectivity index is 1.78. The predicted molar refractivity (Wildman–Crippen MR) is 106 cm³/mol. The maximum absolute atomic E-state index is 13.4. The molecule has 3 aliphatic rings. The molecular formula is C21H35N3O4. The summed E-state index contributed by atoms with van der Waals surface area (Å²) in [7, 11) is 0. The van der Waals surface area contributed by atoms with Gasteiger partial charge in [0.15, 0.2) is 0 Å². The van der Waals surface area contributed by atoms with Crippen LogP contribution in [0.4, 0.5) is 0 Å². The Bertz CT molecular complexity index is 584. The molecule has 0 unspecified atom stereocenters. The largest absolute Gasteiger partial charge is 0.376 e. The molecule has 3 fully saturated rings. The molecule has 1 saturated carbocycles. The first kappa shape index (κ1) is 21.1. The summed E-state index contributed by atoms with van der Waals surface area (Å²) in [4.78, 5) is 40.0. The van der Waals surface area contributed by atoms with Crippen molar-refractivity contribution in [3.63, 3.8) is 0 Å². The standard InChI is InChI=1S/C21H35N3O4/c1-3-21(2,20(27)22-15-8-5-4-6-9-15)24(14-16-10-7-13-28-16)19(26)17-11-12-18(25)23-17/h15-17H,3-14H2,1-2H3,(H,22,27)(H,23,25)/t16-,17-,21+/m0/s1. The van der Waals surface area contributed by atoms with Gasteiger partial charge in [0.1, 0.15) is 11.6 Å². The molecule has 7 nitrogen and oxygen atoms in total. The highest BCUT2D eigenvalue weighted by Crippen LogP contribution is 2.27. The lowest BCUT2D eigenvalue weighted by Crippen LogP contribution is -2.64. The van der Waals surface area contributed by atoms with Crippen LogP contribution in [0, 0.1) is 0 Å². The number of amides is 3. The van der Waals surface area contributed by atoms with Crippen molar-refractivity contribution >= 4 is 17.7 Å². The van der Waals surface area contributed by atoms with E-state index in [4.69, 9.17) is 4.74 Å². The summed E-state index contributed by atoms with van der Waals surface area (Å²) >= 11 is 0. The van der Waals surface area contributed by atoms with Crippen molar-refractivity contribution in [1.29, 1.82) is 0 Å². The quantitative estimate of drug-likeness (QED) is 0.691. The van der Waals surface area contributed by atoms with Gasteiger partial charge < -0.3 is 20.3 Å². The molecule has 2 heterocycles. The van der Waals surface area contributed by atoms with E-state index < -0.39 is 11.6 Å². The van der Waals surface area contributed by atoms with E-state index in [-0.39, 0.29) is 29.9 Å². The average molecular weight is 394 g/mol. The van der Waals surface area contributed by atoms with E-state index in [0.29, 0.717) is 32.4 Å². The molecule has 0 aromatic heterocycles. The third-order valence-corrected chi connectivity index (χ3v) is 6.68. The molecule has 2 saturated heterocycles. The normalized spacial score (nSPS) is 27.9. The lowest BCUT2D eigenvalue weighted by Gasteiger charge is -2.42. The van der Waals surface area contributed by atoms with Gasteiger partial charge in [0.25, 0.3) is 0 Å². The molecule has 0 aromatic carbocycles. The second-order valence-corrected chi connectivity index (χ2v) is 8.68. The number of hydrogen-bond acceptors (Lipinski definition) is 4. The third kappa shape index (κ3) is 4.67. The Morgan fingerprint density at radius 2 is 1.93 bits per heavy atom. The first-order valence-corrected chi connectivity index (χ1v) is 11.0. The fourth-order valence-electron chi connectivity index (χ4n) is 4.58. The van der Waals surface area contributed by atoms with Crippen molar-refractivity contribution < 1.29 is 19.1 Å². The zero-order chi connectivity index (χ0) is 20.1. The third-order valence-electron chi connectivity index (χ3n) is 6.68. The molecule has 7 heteroatoms. The van der Waals surface area contributed by atoms with Gasteiger partial charge >= 0.3 is 0 Å². The minimum atomic E-state index is -0.951. The molecule has 3 amide bonds. The highest BCUT2D eigenvalue weighted by Gasteiger charge is 2.45. The fraction of sp³-hybridized carbons (Fsp3) is 0.857. The van der Waals surface area contributed by atoms with Gasteiger partial charge in [-0.3, -0.25) is 14.4 Å². The minimum Gasteiger partial charge on any atom is -0.376 e. The first-order chi connectivity index (χ1) is 13.4. The second-order valence-electron chi connectivity index (χ2n) is 8.68. The summed E-state index contributed by atoms with van der Waals surface area (Å²) in [6.45, 7) is 4.90. The molecule has 0 bridgehead atoms. The van der Waals surface area contributed by atoms with Crippen LogP contribution >= 0.6 is 0 Å². The van der Waals surface area contributed by atoms with Crippen LogP contribution in [-0.4, -0.2) is 59.5 Å². The van der Waals surface area contributed by atoms with Gasteiger partial charge in [0.05, 0.1) is 6.10 Å².